The smallest absolute Gasteiger partial charge is 0.233 e. The van der Waals surface area contributed by atoms with Gasteiger partial charge in [-0.2, -0.15) is 15.0 Å². The molecule has 0 radical (unpaired) electrons. The SMILES string of the molecule is CC(C)CNc1nc(Cl)nc(Nc2ccccc2)n1. The minimum atomic E-state index is 0.166. The first-order valence-electron chi connectivity index (χ1n) is 6.11. The first-order chi connectivity index (χ1) is 9.13. The van der Waals surface area contributed by atoms with Gasteiger partial charge in [-0.1, -0.05) is 32.0 Å². The molecule has 5 nitrogen and oxygen atoms in total. The average Bonchev–Trinajstić information content (AvgIpc) is 2.37. The Morgan fingerprint density at radius 3 is 2.42 bits per heavy atom. The summed E-state index contributed by atoms with van der Waals surface area (Å²) in [5.41, 5.74) is 0.902. The zero-order valence-corrected chi connectivity index (χ0v) is 11.6. The van der Waals surface area contributed by atoms with Crippen LogP contribution >= 0.6 is 11.6 Å². The van der Waals surface area contributed by atoms with Gasteiger partial charge in [-0.25, -0.2) is 0 Å². The standard InChI is InChI=1S/C13H16ClN5/c1-9(2)8-15-12-17-11(14)18-13(19-12)16-10-6-4-3-5-7-10/h3-7,9H,8H2,1-2H3,(H2,15,16,17,18,19). The summed E-state index contributed by atoms with van der Waals surface area (Å²) in [5.74, 6) is 1.41. The van der Waals surface area contributed by atoms with Gasteiger partial charge < -0.3 is 10.6 Å². The molecule has 0 spiro atoms. The normalized spacial score (nSPS) is 10.5. The van der Waals surface area contributed by atoms with Gasteiger partial charge in [0.05, 0.1) is 0 Å². The van der Waals surface area contributed by atoms with Crippen molar-refractivity contribution in [3.05, 3.63) is 35.6 Å². The molecule has 0 unspecified atom stereocenters. The largest absolute Gasteiger partial charge is 0.354 e. The Bertz CT molecular complexity index is 530. The second-order valence-corrected chi connectivity index (χ2v) is 4.86. The number of nitrogens with zero attached hydrogens (tertiary/aromatic N) is 3. The van der Waals surface area contributed by atoms with Crippen LogP contribution in [0.4, 0.5) is 17.6 Å². The molecular formula is C13H16ClN5. The van der Waals surface area contributed by atoms with E-state index in [4.69, 9.17) is 11.6 Å². The predicted octanol–water partition coefficient (Wildman–Crippen LogP) is 3.34. The Kier molecular flexibility index (Phi) is 4.52. The van der Waals surface area contributed by atoms with Gasteiger partial charge in [0.1, 0.15) is 0 Å². The minimum Gasteiger partial charge on any atom is -0.354 e. The fourth-order valence-electron chi connectivity index (χ4n) is 1.43. The number of aromatic nitrogens is 3. The molecule has 0 aliphatic heterocycles. The van der Waals surface area contributed by atoms with Gasteiger partial charge in [0.15, 0.2) is 0 Å². The molecule has 1 aromatic heterocycles. The van der Waals surface area contributed by atoms with E-state index < -0.39 is 0 Å². The summed E-state index contributed by atoms with van der Waals surface area (Å²) >= 11 is 5.89. The number of hydrogen-bond acceptors (Lipinski definition) is 5. The summed E-state index contributed by atoms with van der Waals surface area (Å²) in [6, 6.07) is 9.67. The van der Waals surface area contributed by atoms with E-state index in [0.29, 0.717) is 17.8 Å². The summed E-state index contributed by atoms with van der Waals surface area (Å²) in [4.78, 5) is 12.4. The van der Waals surface area contributed by atoms with Crippen molar-refractivity contribution in [3.8, 4) is 0 Å². The van der Waals surface area contributed by atoms with Gasteiger partial charge in [0, 0.05) is 12.2 Å². The molecule has 2 rings (SSSR count). The minimum absolute atomic E-state index is 0.166. The van der Waals surface area contributed by atoms with Crippen molar-refractivity contribution in [3.63, 3.8) is 0 Å². The van der Waals surface area contributed by atoms with E-state index in [-0.39, 0.29) is 5.28 Å². The summed E-state index contributed by atoms with van der Waals surface area (Å²) in [5, 5.41) is 6.38. The molecule has 19 heavy (non-hydrogen) atoms. The number of hydrogen-bond donors (Lipinski definition) is 2. The van der Waals surface area contributed by atoms with Crippen molar-refractivity contribution in [2.24, 2.45) is 5.92 Å². The van der Waals surface area contributed by atoms with E-state index in [0.717, 1.165) is 12.2 Å². The zero-order chi connectivity index (χ0) is 13.7. The fourth-order valence-corrected chi connectivity index (χ4v) is 1.59. The van der Waals surface area contributed by atoms with Crippen molar-refractivity contribution in [1.82, 2.24) is 15.0 Å². The number of halogens is 1. The van der Waals surface area contributed by atoms with E-state index in [1.54, 1.807) is 0 Å². The highest BCUT2D eigenvalue weighted by molar-refractivity contribution is 6.28. The number of para-hydroxylation sites is 1. The van der Waals surface area contributed by atoms with E-state index in [1.165, 1.54) is 0 Å². The lowest BCUT2D eigenvalue weighted by Gasteiger charge is -2.09. The van der Waals surface area contributed by atoms with Crippen LogP contribution in [-0.2, 0) is 0 Å². The maximum absolute atomic E-state index is 5.89. The van der Waals surface area contributed by atoms with Crippen LogP contribution in [0.15, 0.2) is 30.3 Å². The fraction of sp³-hybridized carbons (Fsp3) is 0.308. The highest BCUT2D eigenvalue weighted by atomic mass is 35.5. The summed E-state index contributed by atoms with van der Waals surface area (Å²) < 4.78 is 0. The molecule has 0 saturated heterocycles. The van der Waals surface area contributed by atoms with E-state index in [2.05, 4.69) is 39.4 Å². The monoisotopic (exact) mass is 277 g/mol. The van der Waals surface area contributed by atoms with E-state index >= 15 is 0 Å². The maximum atomic E-state index is 5.89. The Hall–Kier alpha value is -1.88. The van der Waals surface area contributed by atoms with Crippen LogP contribution in [0.5, 0.6) is 0 Å². The van der Waals surface area contributed by atoms with Crippen LogP contribution in [0.25, 0.3) is 0 Å². The third-order valence-corrected chi connectivity index (χ3v) is 2.48. The second kappa shape index (κ2) is 6.33. The van der Waals surface area contributed by atoms with Crippen molar-refractivity contribution in [1.29, 1.82) is 0 Å². The second-order valence-electron chi connectivity index (χ2n) is 4.52. The van der Waals surface area contributed by atoms with Crippen molar-refractivity contribution in [2.45, 2.75) is 13.8 Å². The lowest BCUT2D eigenvalue weighted by atomic mass is 10.2. The topological polar surface area (TPSA) is 62.7 Å². The molecule has 2 aromatic rings. The molecule has 2 N–H and O–H groups in total. The van der Waals surface area contributed by atoms with Crippen LogP contribution in [0, 0.1) is 5.92 Å². The lowest BCUT2D eigenvalue weighted by molar-refractivity contribution is 0.684. The van der Waals surface area contributed by atoms with Crippen molar-refractivity contribution < 1.29 is 0 Å². The quantitative estimate of drug-likeness (QED) is 0.878. The lowest BCUT2D eigenvalue weighted by Crippen LogP contribution is -2.12. The van der Waals surface area contributed by atoms with Crippen LogP contribution in [-0.4, -0.2) is 21.5 Å². The zero-order valence-electron chi connectivity index (χ0n) is 10.9. The van der Waals surface area contributed by atoms with Crippen LogP contribution in [0.3, 0.4) is 0 Å². The van der Waals surface area contributed by atoms with Gasteiger partial charge in [-0.15, -0.1) is 0 Å². The Morgan fingerprint density at radius 2 is 1.74 bits per heavy atom. The molecule has 0 amide bonds. The molecule has 100 valence electrons. The molecule has 0 aliphatic carbocycles. The summed E-state index contributed by atoms with van der Waals surface area (Å²) in [6.07, 6.45) is 0. The summed E-state index contributed by atoms with van der Waals surface area (Å²) in [6.45, 7) is 5.00. The highest BCUT2D eigenvalue weighted by Gasteiger charge is 2.05. The van der Waals surface area contributed by atoms with Gasteiger partial charge in [0.25, 0.3) is 0 Å². The molecule has 0 aliphatic rings. The average molecular weight is 278 g/mol. The molecular weight excluding hydrogens is 262 g/mol. The highest BCUT2D eigenvalue weighted by Crippen LogP contribution is 2.15. The third-order valence-electron chi connectivity index (χ3n) is 2.31. The number of benzene rings is 1. The maximum Gasteiger partial charge on any atom is 0.233 e. The van der Waals surface area contributed by atoms with E-state index in [1.807, 2.05) is 30.3 Å². The van der Waals surface area contributed by atoms with Crippen LogP contribution in [0.1, 0.15) is 13.8 Å². The molecule has 0 saturated carbocycles. The Balaban J connectivity index is 2.12. The first kappa shape index (κ1) is 13.5. The van der Waals surface area contributed by atoms with Gasteiger partial charge in [-0.05, 0) is 29.7 Å². The Morgan fingerprint density at radius 1 is 1.05 bits per heavy atom. The van der Waals surface area contributed by atoms with Crippen LogP contribution < -0.4 is 10.6 Å². The number of anilines is 3. The molecule has 0 bridgehead atoms. The number of nitrogens with one attached hydrogen (secondary N) is 2. The van der Waals surface area contributed by atoms with Gasteiger partial charge in [0.2, 0.25) is 17.2 Å². The summed E-state index contributed by atoms with van der Waals surface area (Å²) in [7, 11) is 0. The van der Waals surface area contributed by atoms with Gasteiger partial charge >= 0.3 is 0 Å². The Labute approximate surface area is 117 Å². The molecule has 0 fully saturated rings. The van der Waals surface area contributed by atoms with Crippen LogP contribution in [0.2, 0.25) is 5.28 Å². The van der Waals surface area contributed by atoms with E-state index in [9.17, 15) is 0 Å². The first-order valence-corrected chi connectivity index (χ1v) is 6.49. The number of rotatable bonds is 5. The van der Waals surface area contributed by atoms with Crippen molar-refractivity contribution >= 4 is 29.2 Å². The predicted molar refractivity (Wildman–Crippen MR) is 77.9 cm³/mol. The van der Waals surface area contributed by atoms with Gasteiger partial charge in [-0.3, -0.25) is 0 Å². The van der Waals surface area contributed by atoms with Crippen molar-refractivity contribution in [2.75, 3.05) is 17.2 Å². The molecule has 1 aromatic carbocycles. The third kappa shape index (κ3) is 4.37. The molecule has 1 heterocycles. The molecule has 0 atom stereocenters. The molecule has 6 heteroatoms.